The summed E-state index contributed by atoms with van der Waals surface area (Å²) in [4.78, 5) is 2.11. The molecule has 18 heavy (non-hydrogen) atoms. The molecule has 0 amide bonds. The summed E-state index contributed by atoms with van der Waals surface area (Å²) in [6, 6.07) is 4.14. The molecule has 4 heteroatoms. The van der Waals surface area contributed by atoms with Gasteiger partial charge in [-0.15, -0.1) is 0 Å². The van der Waals surface area contributed by atoms with Crippen LogP contribution in [-0.2, 0) is 0 Å². The average Bonchev–Trinajstić information content (AvgIpc) is 2.24. The Morgan fingerprint density at radius 3 is 2.44 bits per heavy atom. The predicted octanol–water partition coefficient (Wildman–Crippen LogP) is 3.00. The number of halogens is 1. The van der Waals surface area contributed by atoms with E-state index in [1.165, 1.54) is 0 Å². The first-order chi connectivity index (χ1) is 8.38. The second-order valence-electron chi connectivity index (χ2n) is 4.84. The van der Waals surface area contributed by atoms with Crippen LogP contribution < -0.4 is 10.5 Å². The minimum Gasteiger partial charge on any atom is -0.492 e. The largest absolute Gasteiger partial charge is 0.492 e. The number of nitrogens with two attached hydrogens (primary N) is 1. The molecular weight excluding hydrogens is 248 g/mol. The minimum absolute atomic E-state index is 0.0349. The highest BCUT2D eigenvalue weighted by Crippen LogP contribution is 2.33. The van der Waals surface area contributed by atoms with Crippen molar-refractivity contribution in [1.29, 1.82) is 0 Å². The number of aryl methyl sites for hydroxylation is 1. The lowest BCUT2D eigenvalue weighted by Gasteiger charge is -2.30. The molecule has 0 aliphatic rings. The molecule has 0 saturated carbocycles. The first kappa shape index (κ1) is 15.3. The van der Waals surface area contributed by atoms with Crippen molar-refractivity contribution in [2.45, 2.75) is 32.9 Å². The minimum atomic E-state index is 0.0349. The fourth-order valence-electron chi connectivity index (χ4n) is 2.29. The van der Waals surface area contributed by atoms with Gasteiger partial charge in [0.2, 0.25) is 0 Å². The van der Waals surface area contributed by atoms with Gasteiger partial charge in [-0.25, -0.2) is 0 Å². The van der Waals surface area contributed by atoms with Crippen molar-refractivity contribution < 1.29 is 4.74 Å². The van der Waals surface area contributed by atoms with Crippen molar-refractivity contribution in [3.63, 3.8) is 0 Å². The van der Waals surface area contributed by atoms with E-state index < -0.39 is 0 Å². The summed E-state index contributed by atoms with van der Waals surface area (Å²) in [5.41, 5.74) is 8.38. The second-order valence-corrected chi connectivity index (χ2v) is 5.25. The number of hydrogen-bond donors (Lipinski definition) is 1. The normalized spacial score (nSPS) is 14.7. The van der Waals surface area contributed by atoms with Gasteiger partial charge in [0.05, 0.1) is 11.6 Å². The SMILES string of the molecule is CCOc1cc(C)c(C(C(C)N)N(C)C)cc1Cl. The van der Waals surface area contributed by atoms with Gasteiger partial charge in [0.1, 0.15) is 5.75 Å². The van der Waals surface area contributed by atoms with Gasteiger partial charge in [-0.2, -0.15) is 0 Å². The Hall–Kier alpha value is -0.770. The Bertz CT molecular complexity index is 397. The van der Waals surface area contributed by atoms with Gasteiger partial charge in [0.25, 0.3) is 0 Å². The summed E-state index contributed by atoms with van der Waals surface area (Å²) < 4.78 is 5.50. The van der Waals surface area contributed by atoms with Crippen LogP contribution in [-0.4, -0.2) is 31.6 Å². The molecule has 102 valence electrons. The lowest BCUT2D eigenvalue weighted by atomic mass is 9.95. The molecule has 0 spiro atoms. The van der Waals surface area contributed by atoms with Crippen LogP contribution >= 0.6 is 11.6 Å². The fraction of sp³-hybridized carbons (Fsp3) is 0.571. The van der Waals surface area contributed by atoms with E-state index in [1.54, 1.807) is 0 Å². The second kappa shape index (κ2) is 6.41. The van der Waals surface area contributed by atoms with Crippen LogP contribution in [0.4, 0.5) is 0 Å². The molecule has 0 aliphatic heterocycles. The lowest BCUT2D eigenvalue weighted by molar-refractivity contribution is 0.265. The highest BCUT2D eigenvalue weighted by atomic mass is 35.5. The van der Waals surface area contributed by atoms with Crippen LogP contribution in [0, 0.1) is 6.92 Å². The van der Waals surface area contributed by atoms with Crippen LogP contribution in [0.15, 0.2) is 12.1 Å². The summed E-state index contributed by atoms with van der Waals surface area (Å²) in [6.07, 6.45) is 0. The smallest absolute Gasteiger partial charge is 0.138 e. The Kier molecular flexibility index (Phi) is 5.45. The Morgan fingerprint density at radius 1 is 1.39 bits per heavy atom. The molecule has 0 radical (unpaired) electrons. The summed E-state index contributed by atoms with van der Waals surface area (Å²) in [6.45, 7) is 6.63. The number of hydrogen-bond acceptors (Lipinski definition) is 3. The third kappa shape index (κ3) is 3.37. The zero-order valence-electron chi connectivity index (χ0n) is 11.8. The van der Waals surface area contributed by atoms with E-state index in [2.05, 4.69) is 11.8 Å². The molecule has 3 nitrogen and oxygen atoms in total. The molecule has 0 aliphatic carbocycles. The van der Waals surface area contributed by atoms with Crippen molar-refractivity contribution in [1.82, 2.24) is 4.90 Å². The lowest BCUT2D eigenvalue weighted by Crippen LogP contribution is -2.35. The highest BCUT2D eigenvalue weighted by molar-refractivity contribution is 6.32. The number of rotatable bonds is 5. The highest BCUT2D eigenvalue weighted by Gasteiger charge is 2.21. The summed E-state index contributed by atoms with van der Waals surface area (Å²) >= 11 is 6.25. The fourth-order valence-corrected chi connectivity index (χ4v) is 2.51. The zero-order chi connectivity index (χ0) is 13.9. The van der Waals surface area contributed by atoms with Gasteiger partial charge in [0.15, 0.2) is 0 Å². The van der Waals surface area contributed by atoms with Crippen LogP contribution in [0.2, 0.25) is 5.02 Å². The van der Waals surface area contributed by atoms with Crippen molar-refractivity contribution >= 4 is 11.6 Å². The Labute approximate surface area is 115 Å². The van der Waals surface area contributed by atoms with E-state index in [1.807, 2.05) is 40.1 Å². The van der Waals surface area contributed by atoms with Crippen LogP contribution in [0.3, 0.4) is 0 Å². The summed E-state index contributed by atoms with van der Waals surface area (Å²) in [7, 11) is 4.05. The van der Waals surface area contributed by atoms with Crippen molar-refractivity contribution in [2.24, 2.45) is 5.73 Å². The van der Waals surface area contributed by atoms with Gasteiger partial charge >= 0.3 is 0 Å². The first-order valence-electron chi connectivity index (χ1n) is 6.23. The van der Waals surface area contributed by atoms with Crippen molar-refractivity contribution in [3.8, 4) is 5.75 Å². The number of ether oxygens (including phenoxy) is 1. The van der Waals surface area contributed by atoms with Crippen LogP contribution in [0.1, 0.15) is 31.0 Å². The third-order valence-electron chi connectivity index (χ3n) is 2.99. The Balaban J connectivity index is 3.20. The van der Waals surface area contributed by atoms with E-state index >= 15 is 0 Å². The predicted molar refractivity (Wildman–Crippen MR) is 77.4 cm³/mol. The van der Waals surface area contributed by atoms with E-state index in [0.717, 1.165) is 16.9 Å². The van der Waals surface area contributed by atoms with E-state index in [4.69, 9.17) is 22.1 Å². The maximum absolute atomic E-state index is 6.25. The molecule has 0 bridgehead atoms. The van der Waals surface area contributed by atoms with E-state index in [0.29, 0.717) is 11.6 Å². The molecule has 2 atom stereocenters. The maximum Gasteiger partial charge on any atom is 0.138 e. The molecule has 1 aromatic rings. The number of likely N-dealkylation sites (N-methyl/N-ethyl adjacent to an activating group) is 1. The van der Waals surface area contributed by atoms with Gasteiger partial charge in [0, 0.05) is 12.1 Å². The first-order valence-corrected chi connectivity index (χ1v) is 6.61. The molecule has 0 heterocycles. The monoisotopic (exact) mass is 270 g/mol. The number of benzene rings is 1. The topological polar surface area (TPSA) is 38.5 Å². The molecule has 0 aromatic heterocycles. The zero-order valence-corrected chi connectivity index (χ0v) is 12.6. The van der Waals surface area contributed by atoms with Gasteiger partial charge in [-0.05, 0) is 58.1 Å². The van der Waals surface area contributed by atoms with Crippen molar-refractivity contribution in [3.05, 3.63) is 28.3 Å². The quantitative estimate of drug-likeness (QED) is 0.894. The number of nitrogens with zero attached hydrogens (tertiary/aromatic N) is 1. The maximum atomic E-state index is 6.25. The van der Waals surface area contributed by atoms with Crippen LogP contribution in [0.5, 0.6) is 5.75 Å². The van der Waals surface area contributed by atoms with Crippen molar-refractivity contribution in [2.75, 3.05) is 20.7 Å². The molecule has 0 saturated heterocycles. The average molecular weight is 271 g/mol. The van der Waals surface area contributed by atoms with E-state index in [-0.39, 0.29) is 12.1 Å². The van der Waals surface area contributed by atoms with E-state index in [9.17, 15) is 0 Å². The van der Waals surface area contributed by atoms with Gasteiger partial charge in [-0.3, -0.25) is 0 Å². The summed E-state index contributed by atoms with van der Waals surface area (Å²) in [5.74, 6) is 0.739. The molecule has 2 unspecified atom stereocenters. The third-order valence-corrected chi connectivity index (χ3v) is 3.29. The molecule has 0 fully saturated rings. The Morgan fingerprint density at radius 2 is 2.00 bits per heavy atom. The molecule has 1 aromatic carbocycles. The molecular formula is C14H23ClN2O. The summed E-state index contributed by atoms with van der Waals surface area (Å²) in [5, 5.41) is 0.643. The van der Waals surface area contributed by atoms with Crippen LogP contribution in [0.25, 0.3) is 0 Å². The molecule has 1 rings (SSSR count). The van der Waals surface area contributed by atoms with Gasteiger partial charge < -0.3 is 15.4 Å². The van der Waals surface area contributed by atoms with Gasteiger partial charge in [-0.1, -0.05) is 11.6 Å². The molecule has 2 N–H and O–H groups in total. The standard InChI is InChI=1S/C14H23ClN2O/c1-6-18-13-7-9(2)11(8-12(13)15)14(10(3)16)17(4)5/h7-8,10,14H,6,16H2,1-5H3.